The number of amides is 1. The highest BCUT2D eigenvalue weighted by Gasteiger charge is 2.16. The van der Waals surface area contributed by atoms with E-state index in [1.807, 2.05) is 48.0 Å². The molecular formula is C17H19N5O2. The molecule has 0 aliphatic rings. The molecule has 0 aliphatic carbocycles. The quantitative estimate of drug-likeness (QED) is 0.720. The van der Waals surface area contributed by atoms with Crippen molar-refractivity contribution in [3.8, 4) is 11.4 Å². The van der Waals surface area contributed by atoms with Gasteiger partial charge in [-0.15, -0.1) is 0 Å². The van der Waals surface area contributed by atoms with E-state index in [0.29, 0.717) is 31.2 Å². The van der Waals surface area contributed by atoms with Gasteiger partial charge in [0.15, 0.2) is 0 Å². The number of nitrogens with zero attached hydrogens (tertiary/aromatic N) is 4. The standard InChI is InChI=1S/C17H19N5O2/c1-13(11-19-15(23)7-9-22-10-8-18-12-22)17-20-16(21-24-17)14-5-3-2-4-6-14/h2-6,8,10,12-13H,7,9,11H2,1H3,(H,19,23)/t13-/m1/s1. The lowest BCUT2D eigenvalue weighted by Crippen LogP contribution is -2.28. The lowest BCUT2D eigenvalue weighted by atomic mass is 10.1. The van der Waals surface area contributed by atoms with Crippen LogP contribution in [-0.2, 0) is 11.3 Å². The number of aromatic nitrogens is 4. The van der Waals surface area contributed by atoms with E-state index in [4.69, 9.17) is 4.52 Å². The van der Waals surface area contributed by atoms with Gasteiger partial charge in [0.05, 0.1) is 12.2 Å². The maximum atomic E-state index is 11.9. The van der Waals surface area contributed by atoms with Crippen LogP contribution in [0.15, 0.2) is 53.6 Å². The van der Waals surface area contributed by atoms with Crippen molar-refractivity contribution in [2.45, 2.75) is 25.8 Å². The van der Waals surface area contributed by atoms with E-state index in [0.717, 1.165) is 5.56 Å². The van der Waals surface area contributed by atoms with Gasteiger partial charge in [0.2, 0.25) is 17.6 Å². The summed E-state index contributed by atoms with van der Waals surface area (Å²) in [6, 6.07) is 9.64. The highest BCUT2D eigenvalue weighted by atomic mass is 16.5. The molecule has 0 saturated heterocycles. The van der Waals surface area contributed by atoms with Gasteiger partial charge in [-0.3, -0.25) is 4.79 Å². The second-order valence-corrected chi connectivity index (χ2v) is 5.58. The molecule has 7 nitrogen and oxygen atoms in total. The molecule has 2 heterocycles. The number of aryl methyl sites for hydroxylation is 1. The molecule has 0 saturated carbocycles. The number of hydrogen-bond acceptors (Lipinski definition) is 5. The van der Waals surface area contributed by atoms with E-state index in [-0.39, 0.29) is 11.8 Å². The summed E-state index contributed by atoms with van der Waals surface area (Å²) in [6.45, 7) is 3.01. The van der Waals surface area contributed by atoms with Gasteiger partial charge in [-0.05, 0) is 0 Å². The zero-order valence-electron chi connectivity index (χ0n) is 13.4. The monoisotopic (exact) mass is 325 g/mol. The van der Waals surface area contributed by atoms with Crippen molar-refractivity contribution < 1.29 is 9.32 Å². The molecule has 1 N–H and O–H groups in total. The molecule has 1 amide bonds. The van der Waals surface area contributed by atoms with E-state index < -0.39 is 0 Å². The molecule has 0 spiro atoms. The smallest absolute Gasteiger partial charge is 0.231 e. The molecule has 3 rings (SSSR count). The van der Waals surface area contributed by atoms with Crippen LogP contribution in [0.1, 0.15) is 25.2 Å². The van der Waals surface area contributed by atoms with E-state index in [1.165, 1.54) is 0 Å². The lowest BCUT2D eigenvalue weighted by molar-refractivity contribution is -0.121. The summed E-state index contributed by atoms with van der Waals surface area (Å²) < 4.78 is 7.18. The molecule has 7 heteroatoms. The normalized spacial score (nSPS) is 12.0. The minimum atomic E-state index is -0.0489. The molecule has 24 heavy (non-hydrogen) atoms. The molecule has 1 atom stereocenters. The molecule has 0 radical (unpaired) electrons. The van der Waals surface area contributed by atoms with Crippen LogP contribution < -0.4 is 5.32 Å². The summed E-state index contributed by atoms with van der Waals surface area (Å²) in [7, 11) is 0. The SMILES string of the molecule is C[C@H](CNC(=O)CCn1ccnc1)c1nc(-c2ccccc2)no1. The lowest BCUT2D eigenvalue weighted by Gasteiger charge is -2.09. The Balaban J connectivity index is 1.49. The molecule has 0 unspecified atom stereocenters. The van der Waals surface area contributed by atoms with Crippen molar-refractivity contribution in [2.75, 3.05) is 6.54 Å². The minimum absolute atomic E-state index is 0.0154. The minimum Gasteiger partial charge on any atom is -0.355 e. The van der Waals surface area contributed by atoms with Crippen molar-refractivity contribution in [1.29, 1.82) is 0 Å². The molecule has 1 aromatic carbocycles. The third-order valence-corrected chi connectivity index (χ3v) is 3.66. The molecule has 0 fully saturated rings. The van der Waals surface area contributed by atoms with Crippen LogP contribution in [0.4, 0.5) is 0 Å². The fourth-order valence-corrected chi connectivity index (χ4v) is 2.23. The molecule has 3 aromatic rings. The molecule has 0 bridgehead atoms. The summed E-state index contributed by atoms with van der Waals surface area (Å²) in [5, 5.41) is 6.89. The highest BCUT2D eigenvalue weighted by Crippen LogP contribution is 2.18. The number of hydrogen-bond donors (Lipinski definition) is 1. The summed E-state index contributed by atoms with van der Waals surface area (Å²) in [4.78, 5) is 20.2. The fraction of sp³-hybridized carbons (Fsp3) is 0.294. The number of nitrogens with one attached hydrogen (secondary N) is 1. The van der Waals surface area contributed by atoms with Gasteiger partial charge in [-0.1, -0.05) is 42.4 Å². The zero-order valence-corrected chi connectivity index (χ0v) is 13.4. The zero-order chi connectivity index (χ0) is 16.8. The average Bonchev–Trinajstić information content (AvgIpc) is 3.30. The first-order chi connectivity index (χ1) is 11.7. The fourth-order valence-electron chi connectivity index (χ4n) is 2.23. The van der Waals surface area contributed by atoms with Crippen LogP contribution in [0.3, 0.4) is 0 Å². The first-order valence-electron chi connectivity index (χ1n) is 7.84. The van der Waals surface area contributed by atoms with Crippen molar-refractivity contribution in [3.63, 3.8) is 0 Å². The van der Waals surface area contributed by atoms with Crippen LogP contribution >= 0.6 is 0 Å². The summed E-state index contributed by atoms with van der Waals surface area (Å²) in [6.07, 6.45) is 5.63. The Bertz CT molecular complexity index is 767. The predicted molar refractivity (Wildman–Crippen MR) is 88.0 cm³/mol. The van der Waals surface area contributed by atoms with Crippen molar-refractivity contribution in [3.05, 3.63) is 54.9 Å². The predicted octanol–water partition coefficient (Wildman–Crippen LogP) is 2.24. The van der Waals surface area contributed by atoms with E-state index in [9.17, 15) is 4.79 Å². The molecular weight excluding hydrogens is 306 g/mol. The van der Waals surface area contributed by atoms with Gasteiger partial charge in [0.25, 0.3) is 0 Å². The van der Waals surface area contributed by atoms with Crippen molar-refractivity contribution in [2.24, 2.45) is 0 Å². The van der Waals surface area contributed by atoms with E-state index >= 15 is 0 Å². The highest BCUT2D eigenvalue weighted by molar-refractivity contribution is 5.75. The number of carbonyl (C=O) groups excluding carboxylic acids is 1. The van der Waals surface area contributed by atoms with Crippen LogP contribution in [0.2, 0.25) is 0 Å². The second-order valence-electron chi connectivity index (χ2n) is 5.58. The third-order valence-electron chi connectivity index (χ3n) is 3.66. The Morgan fingerprint density at radius 1 is 1.33 bits per heavy atom. The van der Waals surface area contributed by atoms with E-state index in [2.05, 4.69) is 20.4 Å². The number of benzene rings is 1. The molecule has 2 aromatic heterocycles. The first-order valence-corrected chi connectivity index (χ1v) is 7.84. The Kier molecular flexibility index (Phi) is 5.00. The second kappa shape index (κ2) is 7.54. The molecule has 124 valence electrons. The third kappa shape index (κ3) is 4.07. The maximum Gasteiger partial charge on any atom is 0.231 e. The number of carbonyl (C=O) groups is 1. The average molecular weight is 325 g/mol. The van der Waals surface area contributed by atoms with Gasteiger partial charge in [-0.25, -0.2) is 4.98 Å². The van der Waals surface area contributed by atoms with Crippen LogP contribution in [-0.4, -0.2) is 32.1 Å². The molecule has 0 aliphatic heterocycles. The van der Waals surface area contributed by atoms with Crippen molar-refractivity contribution in [1.82, 2.24) is 25.0 Å². The Morgan fingerprint density at radius 3 is 2.92 bits per heavy atom. The Hall–Kier alpha value is -2.96. The van der Waals surface area contributed by atoms with Gasteiger partial charge < -0.3 is 14.4 Å². The van der Waals surface area contributed by atoms with Gasteiger partial charge >= 0.3 is 0 Å². The Morgan fingerprint density at radius 2 is 2.17 bits per heavy atom. The summed E-state index contributed by atoms with van der Waals surface area (Å²) in [5.74, 6) is 1.01. The van der Waals surface area contributed by atoms with Crippen LogP contribution in [0.5, 0.6) is 0 Å². The van der Waals surface area contributed by atoms with E-state index in [1.54, 1.807) is 12.5 Å². The Labute approximate surface area is 139 Å². The number of imidazole rings is 1. The van der Waals surface area contributed by atoms with Crippen molar-refractivity contribution >= 4 is 5.91 Å². The van der Waals surface area contributed by atoms with Gasteiger partial charge in [-0.2, -0.15) is 4.98 Å². The van der Waals surface area contributed by atoms with Gasteiger partial charge in [0.1, 0.15) is 0 Å². The van der Waals surface area contributed by atoms with Crippen LogP contribution in [0.25, 0.3) is 11.4 Å². The topological polar surface area (TPSA) is 85.8 Å². The first kappa shape index (κ1) is 15.9. The van der Waals surface area contributed by atoms with Crippen LogP contribution in [0, 0.1) is 0 Å². The summed E-state index contributed by atoms with van der Waals surface area (Å²) in [5.41, 5.74) is 0.907. The number of rotatable bonds is 7. The maximum absolute atomic E-state index is 11.9. The summed E-state index contributed by atoms with van der Waals surface area (Å²) >= 11 is 0. The largest absolute Gasteiger partial charge is 0.355 e. The van der Waals surface area contributed by atoms with Gasteiger partial charge in [0, 0.05) is 37.5 Å².